The molecule has 0 bridgehead atoms. The van der Waals surface area contributed by atoms with Gasteiger partial charge in [0.05, 0.1) is 13.2 Å². The van der Waals surface area contributed by atoms with Crippen LogP contribution in [0.1, 0.15) is 219 Å². The van der Waals surface area contributed by atoms with Crippen LogP contribution in [0.15, 0.2) is 48.6 Å². The minimum absolute atomic E-state index is 0.0760. The molecule has 0 saturated carbocycles. The van der Waals surface area contributed by atoms with Crippen LogP contribution >= 0.6 is 7.82 Å². The predicted molar refractivity (Wildman–Crippen MR) is 247 cm³/mol. The van der Waals surface area contributed by atoms with E-state index in [4.69, 9.17) is 13.8 Å². The minimum Gasteiger partial charge on any atom is -0.463 e. The number of aliphatic hydroxyl groups excluding tert-OH is 1. The zero-order valence-electron chi connectivity index (χ0n) is 37.9. The topological polar surface area (TPSA) is 131 Å². The molecule has 0 aromatic carbocycles. The Morgan fingerprint density at radius 3 is 1.42 bits per heavy atom. The molecule has 0 radical (unpaired) electrons. The number of unbranched alkanes of at least 4 members (excludes halogenated alkanes) is 24. The third kappa shape index (κ3) is 46.9. The van der Waals surface area contributed by atoms with Gasteiger partial charge in [0.25, 0.3) is 0 Å². The molecule has 3 N–H and O–H groups in total. The monoisotopic (exact) mass is 852 g/mol. The van der Waals surface area contributed by atoms with Gasteiger partial charge in [-0.2, -0.15) is 0 Å². The number of phosphoric acid groups is 1. The van der Waals surface area contributed by atoms with Gasteiger partial charge < -0.3 is 20.1 Å². The van der Waals surface area contributed by atoms with E-state index in [2.05, 4.69) is 67.8 Å². The van der Waals surface area contributed by atoms with Crippen LogP contribution < -0.4 is 5.32 Å². The molecule has 0 saturated heterocycles. The lowest BCUT2D eigenvalue weighted by atomic mass is 10.1. The maximum absolute atomic E-state index is 12.1. The van der Waals surface area contributed by atoms with Crippen LogP contribution in [-0.4, -0.2) is 54.3 Å². The summed E-state index contributed by atoms with van der Waals surface area (Å²) < 4.78 is 26.9. The van der Waals surface area contributed by atoms with E-state index in [9.17, 15) is 24.2 Å². The van der Waals surface area contributed by atoms with Crippen molar-refractivity contribution in [1.29, 1.82) is 0 Å². The fourth-order valence-electron chi connectivity index (χ4n) is 6.56. The van der Waals surface area contributed by atoms with Gasteiger partial charge in [0, 0.05) is 19.4 Å². The van der Waals surface area contributed by atoms with E-state index in [1.165, 1.54) is 135 Å². The number of phosphoric ester groups is 1. The Kier molecular flexibility index (Phi) is 43.9. The van der Waals surface area contributed by atoms with Crippen molar-refractivity contribution < 1.29 is 37.9 Å². The van der Waals surface area contributed by atoms with Gasteiger partial charge >= 0.3 is 13.8 Å². The first-order chi connectivity index (χ1) is 28.8. The number of nitrogens with one attached hydrogen (secondary N) is 1. The smallest absolute Gasteiger partial charge is 0.463 e. The number of esters is 1. The van der Waals surface area contributed by atoms with Gasteiger partial charge in [0.15, 0.2) is 0 Å². The second-order valence-electron chi connectivity index (χ2n) is 16.1. The molecular formula is C49H90NO8P. The molecule has 0 aromatic heterocycles. The summed E-state index contributed by atoms with van der Waals surface area (Å²) in [5.41, 5.74) is 0. The van der Waals surface area contributed by atoms with Crippen LogP contribution in [0.25, 0.3) is 0 Å². The third-order valence-electron chi connectivity index (χ3n) is 10.2. The highest BCUT2D eigenvalue weighted by molar-refractivity contribution is 7.47. The van der Waals surface area contributed by atoms with Gasteiger partial charge in [-0.1, -0.05) is 178 Å². The van der Waals surface area contributed by atoms with Gasteiger partial charge in [-0.05, 0) is 77.0 Å². The Bertz CT molecular complexity index is 1110. The summed E-state index contributed by atoms with van der Waals surface area (Å²) in [6.07, 6.45) is 53.2. The lowest BCUT2D eigenvalue weighted by Crippen LogP contribution is -2.27. The van der Waals surface area contributed by atoms with E-state index >= 15 is 0 Å². The maximum Gasteiger partial charge on any atom is 0.472 e. The zero-order chi connectivity index (χ0) is 43.2. The van der Waals surface area contributed by atoms with E-state index in [0.29, 0.717) is 6.42 Å². The summed E-state index contributed by atoms with van der Waals surface area (Å²) in [6, 6.07) is 0. The van der Waals surface area contributed by atoms with Crippen molar-refractivity contribution in [2.75, 3.05) is 26.4 Å². The number of hydrogen-bond donors (Lipinski definition) is 3. The molecule has 344 valence electrons. The third-order valence-corrected chi connectivity index (χ3v) is 11.2. The molecular weight excluding hydrogens is 762 g/mol. The van der Waals surface area contributed by atoms with Gasteiger partial charge in [0.1, 0.15) is 12.7 Å². The van der Waals surface area contributed by atoms with Crippen LogP contribution in [0, 0.1) is 0 Å². The van der Waals surface area contributed by atoms with Crippen molar-refractivity contribution in [2.45, 2.75) is 225 Å². The summed E-state index contributed by atoms with van der Waals surface area (Å²) in [4.78, 5) is 34.0. The Morgan fingerprint density at radius 1 is 0.525 bits per heavy atom. The molecule has 2 unspecified atom stereocenters. The highest BCUT2D eigenvalue weighted by atomic mass is 31.2. The second-order valence-corrected chi connectivity index (χ2v) is 17.5. The summed E-state index contributed by atoms with van der Waals surface area (Å²) in [6.45, 7) is 3.52. The fraction of sp³-hybridized carbons (Fsp3) is 0.796. The fourth-order valence-corrected chi connectivity index (χ4v) is 7.32. The highest BCUT2D eigenvalue weighted by Gasteiger charge is 2.23. The normalized spacial score (nSPS) is 13.6. The van der Waals surface area contributed by atoms with Crippen LogP contribution in [0.3, 0.4) is 0 Å². The summed E-state index contributed by atoms with van der Waals surface area (Å²) in [7, 11) is -4.42. The largest absolute Gasteiger partial charge is 0.472 e. The molecule has 9 nitrogen and oxygen atoms in total. The lowest BCUT2D eigenvalue weighted by Gasteiger charge is -2.15. The lowest BCUT2D eigenvalue weighted by molar-refractivity contribution is -0.147. The molecule has 0 aliphatic rings. The number of hydrogen-bond acceptors (Lipinski definition) is 7. The Hall–Kier alpha value is -2.03. The standard InChI is InChI=1S/C49H90NO8P/c1-3-5-7-9-11-13-15-17-19-21-22-23-24-26-27-29-31-33-35-37-39-41-48(52)50-43-44-57-59(54,55)58-46-47(51)45-56-49(53)42-40-38-36-34-32-30-28-25-20-18-16-14-12-10-8-6-4-2/h11,13,17-20,22-23,47,51H,3-10,12,14-16,21,24-46H2,1-2H3,(H,50,52)(H,54,55)/b13-11-,19-17-,20-18-,23-22-. The highest BCUT2D eigenvalue weighted by Crippen LogP contribution is 2.42. The molecule has 1 amide bonds. The van der Waals surface area contributed by atoms with E-state index in [-0.39, 0.29) is 32.1 Å². The first-order valence-corrected chi connectivity index (χ1v) is 25.6. The van der Waals surface area contributed by atoms with Crippen LogP contribution in [-0.2, 0) is 27.9 Å². The first-order valence-electron chi connectivity index (χ1n) is 24.1. The van der Waals surface area contributed by atoms with Crippen molar-refractivity contribution in [2.24, 2.45) is 0 Å². The van der Waals surface area contributed by atoms with Crippen LogP contribution in [0.2, 0.25) is 0 Å². The molecule has 0 aromatic rings. The van der Waals surface area contributed by atoms with Gasteiger partial charge in [-0.15, -0.1) is 0 Å². The van der Waals surface area contributed by atoms with Crippen molar-refractivity contribution in [3.8, 4) is 0 Å². The average molecular weight is 852 g/mol. The Balaban J connectivity index is 3.59. The van der Waals surface area contributed by atoms with Crippen LogP contribution in [0.4, 0.5) is 0 Å². The van der Waals surface area contributed by atoms with E-state index in [0.717, 1.165) is 57.8 Å². The molecule has 2 atom stereocenters. The van der Waals surface area contributed by atoms with Crippen molar-refractivity contribution in [3.05, 3.63) is 48.6 Å². The number of rotatable bonds is 45. The average Bonchev–Trinajstić information content (AvgIpc) is 3.22. The van der Waals surface area contributed by atoms with E-state index in [1.54, 1.807) is 0 Å². The number of carbonyl (C=O) groups is 2. The van der Waals surface area contributed by atoms with Gasteiger partial charge in [0.2, 0.25) is 5.91 Å². The number of amides is 1. The molecule has 0 heterocycles. The SMILES string of the molecule is CCCCC/C=C\C/C=C\C/C=C\CCCCCCCCCCC(=O)NCCOP(=O)(O)OCC(O)COC(=O)CCCCCCCCC/C=C\CCCCCCCC. The molecule has 0 aliphatic carbocycles. The Morgan fingerprint density at radius 2 is 0.915 bits per heavy atom. The number of carbonyl (C=O) groups excluding carboxylic acids is 2. The second kappa shape index (κ2) is 45.5. The molecule has 0 spiro atoms. The summed E-state index contributed by atoms with van der Waals surface area (Å²) in [5.74, 6) is -0.526. The molecule has 59 heavy (non-hydrogen) atoms. The van der Waals surface area contributed by atoms with E-state index in [1.807, 2.05) is 0 Å². The zero-order valence-corrected chi connectivity index (χ0v) is 38.8. The minimum atomic E-state index is -4.42. The molecule has 0 rings (SSSR count). The van der Waals surface area contributed by atoms with Crippen LogP contribution in [0.5, 0.6) is 0 Å². The van der Waals surface area contributed by atoms with Gasteiger partial charge in [-0.25, -0.2) is 4.57 Å². The molecule has 10 heteroatoms. The quantitative estimate of drug-likeness (QED) is 0.0239. The predicted octanol–water partition coefficient (Wildman–Crippen LogP) is 13.9. The number of aliphatic hydroxyl groups is 1. The summed E-state index contributed by atoms with van der Waals surface area (Å²) >= 11 is 0. The van der Waals surface area contributed by atoms with Crippen molar-refractivity contribution in [1.82, 2.24) is 5.32 Å². The van der Waals surface area contributed by atoms with Crippen molar-refractivity contribution >= 4 is 19.7 Å². The van der Waals surface area contributed by atoms with Crippen molar-refractivity contribution in [3.63, 3.8) is 0 Å². The van der Waals surface area contributed by atoms with Gasteiger partial charge in [-0.3, -0.25) is 18.6 Å². The summed E-state index contributed by atoms with van der Waals surface area (Å²) in [5, 5.41) is 12.7. The molecule has 0 aliphatic heterocycles. The molecule has 0 fully saturated rings. The number of ether oxygens (including phenoxy) is 1. The Labute approximate surface area is 362 Å². The van der Waals surface area contributed by atoms with E-state index < -0.39 is 26.5 Å². The maximum atomic E-state index is 12.1. The number of allylic oxidation sites excluding steroid dienone is 8. The first kappa shape index (κ1) is 57.0.